The van der Waals surface area contributed by atoms with Crippen molar-refractivity contribution >= 4 is 12.7 Å². The molecule has 3 nitrogen and oxygen atoms in total. The molecule has 1 amide bonds. The van der Waals surface area contributed by atoms with Crippen molar-refractivity contribution in [3.8, 4) is 0 Å². The lowest BCUT2D eigenvalue weighted by atomic mass is 10.9. The normalized spacial score (nSPS) is 6.83. The maximum Gasteiger partial charge on any atom is 0.214 e. The summed E-state index contributed by atoms with van der Waals surface area (Å²) in [6.45, 7) is 0. The highest BCUT2D eigenvalue weighted by atomic mass is 16.1. The quantitative estimate of drug-likeness (QED) is 0.279. The summed E-state index contributed by atoms with van der Waals surface area (Å²) < 4.78 is 0. The Kier molecular flexibility index (Phi) is 2.04. The molecule has 0 aromatic rings. The van der Waals surface area contributed by atoms with Crippen molar-refractivity contribution in [2.75, 3.05) is 7.05 Å². The maximum absolute atomic E-state index is 9.51. The second-order valence-electron chi connectivity index (χ2n) is 0.900. The third-order valence-electron chi connectivity index (χ3n) is 0.370. The van der Waals surface area contributed by atoms with Gasteiger partial charge in [0.05, 0.1) is 6.34 Å². The van der Waals surface area contributed by atoms with Crippen LogP contribution < -0.4 is 0 Å². The van der Waals surface area contributed by atoms with Crippen LogP contribution in [0.2, 0.25) is 0 Å². The van der Waals surface area contributed by atoms with Crippen molar-refractivity contribution in [2.24, 2.45) is 0 Å². The topological polar surface area (TPSA) is 44.2 Å². The number of carbonyl (C=O) groups excluding carboxylic acids is 1. The Balaban J connectivity index is 3.21. The minimum Gasteiger partial charge on any atom is -0.309 e. The molecule has 0 saturated heterocycles. The van der Waals surface area contributed by atoms with Crippen LogP contribution in [0.4, 0.5) is 0 Å². The lowest BCUT2D eigenvalue weighted by Crippen LogP contribution is -2.10. The Morgan fingerprint density at radius 1 is 1.83 bits per heavy atom. The summed E-state index contributed by atoms with van der Waals surface area (Å²) in [7, 11) is 1.50. The number of hydrogen-bond donors (Lipinski definition) is 1. The molecule has 0 aromatic heterocycles. The molecule has 0 aliphatic heterocycles. The zero-order chi connectivity index (χ0) is 4.99. The number of carbonyl (C=O) groups is 1. The van der Waals surface area contributed by atoms with E-state index < -0.39 is 0 Å². The molecule has 0 fully saturated rings. The first-order chi connectivity index (χ1) is 2.81. The van der Waals surface area contributed by atoms with E-state index in [9.17, 15) is 4.79 Å². The van der Waals surface area contributed by atoms with Gasteiger partial charge in [-0.25, -0.2) is 0 Å². The first kappa shape index (κ1) is 5.14. The van der Waals surface area contributed by atoms with Crippen molar-refractivity contribution in [1.82, 2.24) is 4.90 Å². The van der Waals surface area contributed by atoms with E-state index in [0.29, 0.717) is 6.41 Å². The van der Waals surface area contributed by atoms with Gasteiger partial charge in [-0.2, -0.15) is 0 Å². The molecule has 0 spiro atoms. The maximum atomic E-state index is 9.51. The third-order valence-corrected chi connectivity index (χ3v) is 0.370. The lowest BCUT2D eigenvalue weighted by molar-refractivity contribution is -0.113. The van der Waals surface area contributed by atoms with Crippen LogP contribution in [0.3, 0.4) is 0 Å². The van der Waals surface area contributed by atoms with Gasteiger partial charge in [0.1, 0.15) is 0 Å². The molecule has 0 heterocycles. The minimum atomic E-state index is 0.562. The Morgan fingerprint density at radius 2 is 2.33 bits per heavy atom. The average Bonchev–Trinajstić information content (AvgIpc) is 1.65. The molecule has 0 aromatic carbocycles. The molecule has 0 aliphatic rings. The molecule has 0 aliphatic carbocycles. The number of nitrogens with one attached hydrogen (secondary N) is 1. The van der Waals surface area contributed by atoms with Gasteiger partial charge in [-0.05, 0) is 0 Å². The predicted molar refractivity (Wildman–Crippen MR) is 22.6 cm³/mol. The molecule has 34 valence electrons. The molecule has 0 saturated carbocycles. The van der Waals surface area contributed by atoms with Gasteiger partial charge in [-0.3, -0.25) is 10.2 Å². The smallest absolute Gasteiger partial charge is 0.214 e. The van der Waals surface area contributed by atoms with Gasteiger partial charge in [0.2, 0.25) is 6.41 Å². The van der Waals surface area contributed by atoms with Gasteiger partial charge >= 0.3 is 0 Å². The van der Waals surface area contributed by atoms with Gasteiger partial charge in [-0.1, -0.05) is 0 Å². The molecule has 1 N–H and O–H groups in total. The van der Waals surface area contributed by atoms with E-state index in [1.54, 1.807) is 0 Å². The van der Waals surface area contributed by atoms with Gasteiger partial charge in [-0.15, -0.1) is 0 Å². The highest BCUT2D eigenvalue weighted by molar-refractivity contribution is 5.69. The summed E-state index contributed by atoms with van der Waals surface area (Å²) in [6, 6.07) is 0. The summed E-state index contributed by atoms with van der Waals surface area (Å²) in [5, 5.41) is 6.38. The summed E-state index contributed by atoms with van der Waals surface area (Å²) >= 11 is 0. The first-order valence-corrected chi connectivity index (χ1v) is 1.49. The zero-order valence-corrected chi connectivity index (χ0v) is 3.51. The molecule has 0 rings (SSSR count). The predicted octanol–water partition coefficient (Wildman–Crippen LogP) is -0.318. The van der Waals surface area contributed by atoms with E-state index in [0.717, 1.165) is 11.2 Å². The van der Waals surface area contributed by atoms with Gasteiger partial charge in [0.15, 0.2) is 0 Å². The largest absolute Gasteiger partial charge is 0.309 e. The summed E-state index contributed by atoms with van der Waals surface area (Å²) in [4.78, 5) is 10.6. The second kappa shape index (κ2) is 2.38. The fraction of sp³-hybridized carbons (Fsp3) is 0.333. The Hall–Kier alpha value is -0.860. The SMILES string of the molecule is CN(C=N)C=O. The number of hydrogen-bond acceptors (Lipinski definition) is 2. The van der Waals surface area contributed by atoms with E-state index in [4.69, 9.17) is 5.41 Å². The highest BCUT2D eigenvalue weighted by Gasteiger charge is 1.75. The second-order valence-corrected chi connectivity index (χ2v) is 0.900. The van der Waals surface area contributed by atoms with Gasteiger partial charge in [0, 0.05) is 7.05 Å². The van der Waals surface area contributed by atoms with Crippen molar-refractivity contribution in [3.05, 3.63) is 0 Å². The van der Waals surface area contributed by atoms with Crippen molar-refractivity contribution < 1.29 is 4.79 Å². The number of amides is 1. The van der Waals surface area contributed by atoms with Gasteiger partial charge in [0.25, 0.3) is 0 Å². The lowest BCUT2D eigenvalue weighted by Gasteiger charge is -1.94. The number of rotatable bonds is 2. The number of nitrogens with zero attached hydrogens (tertiary/aromatic N) is 1. The van der Waals surface area contributed by atoms with E-state index >= 15 is 0 Å². The molecule has 0 radical (unpaired) electrons. The zero-order valence-electron chi connectivity index (χ0n) is 3.51. The molecule has 0 unspecified atom stereocenters. The molecule has 6 heavy (non-hydrogen) atoms. The first-order valence-electron chi connectivity index (χ1n) is 1.49. The van der Waals surface area contributed by atoms with Crippen LogP contribution in [0.15, 0.2) is 0 Å². The Labute approximate surface area is 36.1 Å². The van der Waals surface area contributed by atoms with Crippen molar-refractivity contribution in [3.63, 3.8) is 0 Å². The van der Waals surface area contributed by atoms with Gasteiger partial charge < -0.3 is 4.90 Å². The Bertz CT molecular complexity index is 53.8. The van der Waals surface area contributed by atoms with Crippen LogP contribution in [0, 0.1) is 5.41 Å². The monoisotopic (exact) mass is 86.0 g/mol. The minimum absolute atomic E-state index is 0.562. The van der Waals surface area contributed by atoms with Crippen molar-refractivity contribution in [2.45, 2.75) is 0 Å². The van der Waals surface area contributed by atoms with Crippen LogP contribution in [0.25, 0.3) is 0 Å². The summed E-state index contributed by atoms with van der Waals surface area (Å²) in [5.41, 5.74) is 0. The Morgan fingerprint density at radius 3 is 2.33 bits per heavy atom. The van der Waals surface area contributed by atoms with E-state index in [1.807, 2.05) is 0 Å². The molecular formula is C3H6N2O. The average molecular weight is 86.1 g/mol. The van der Waals surface area contributed by atoms with Crippen LogP contribution in [0.5, 0.6) is 0 Å². The standard InChI is InChI=1S/C3H6N2O/c1-5(2-4)3-6/h2-4H,1H3. The summed E-state index contributed by atoms with van der Waals surface area (Å²) in [6.07, 6.45) is 1.50. The fourth-order valence-electron chi connectivity index (χ4n) is 0.0304. The molecule has 3 heteroatoms. The van der Waals surface area contributed by atoms with E-state index in [1.165, 1.54) is 7.05 Å². The van der Waals surface area contributed by atoms with E-state index in [2.05, 4.69) is 0 Å². The fourth-order valence-corrected chi connectivity index (χ4v) is 0.0304. The highest BCUT2D eigenvalue weighted by Crippen LogP contribution is 1.56. The van der Waals surface area contributed by atoms with Crippen LogP contribution in [-0.4, -0.2) is 24.7 Å². The van der Waals surface area contributed by atoms with Crippen molar-refractivity contribution in [1.29, 1.82) is 5.41 Å². The molecular weight excluding hydrogens is 80.0 g/mol. The van der Waals surface area contributed by atoms with Crippen LogP contribution in [-0.2, 0) is 4.79 Å². The summed E-state index contributed by atoms with van der Waals surface area (Å²) in [5.74, 6) is 0. The van der Waals surface area contributed by atoms with Crippen LogP contribution >= 0.6 is 0 Å². The van der Waals surface area contributed by atoms with E-state index in [-0.39, 0.29) is 0 Å². The third kappa shape index (κ3) is 1.46. The molecule has 0 atom stereocenters. The van der Waals surface area contributed by atoms with Crippen LogP contribution in [0.1, 0.15) is 0 Å². The molecule has 0 bridgehead atoms.